The molecule has 0 radical (unpaired) electrons. The number of primary amides is 1. The topological polar surface area (TPSA) is 84.2 Å². The zero-order chi connectivity index (χ0) is 17.7. The second-order valence-electron chi connectivity index (χ2n) is 5.63. The number of carbonyl (C=O) groups is 2. The molecule has 0 saturated carbocycles. The number of nitrogens with one attached hydrogen (secondary N) is 2. The van der Waals surface area contributed by atoms with Crippen molar-refractivity contribution in [2.75, 3.05) is 5.32 Å². The van der Waals surface area contributed by atoms with E-state index in [9.17, 15) is 9.59 Å². The Hall–Kier alpha value is -2.53. The summed E-state index contributed by atoms with van der Waals surface area (Å²) in [7, 11) is 0. The van der Waals surface area contributed by atoms with Crippen LogP contribution in [0.15, 0.2) is 42.5 Å². The first kappa shape index (κ1) is 17.8. The number of benzene rings is 2. The average molecular weight is 346 g/mol. The van der Waals surface area contributed by atoms with Gasteiger partial charge in [-0.05, 0) is 48.7 Å². The Labute approximate surface area is 146 Å². The largest absolute Gasteiger partial charge is 0.352 e. The molecule has 0 saturated heterocycles. The van der Waals surface area contributed by atoms with Crippen molar-refractivity contribution >= 4 is 29.2 Å². The Kier molecular flexibility index (Phi) is 5.82. The first-order valence-corrected chi connectivity index (χ1v) is 7.92. The van der Waals surface area contributed by atoms with Gasteiger partial charge in [-0.2, -0.15) is 0 Å². The molecule has 2 aromatic carbocycles. The number of halogens is 1. The third-order valence-electron chi connectivity index (χ3n) is 3.73. The minimum absolute atomic E-state index is 0.0792. The Morgan fingerprint density at radius 2 is 1.83 bits per heavy atom. The normalized spacial score (nSPS) is 11.6. The number of hydrogen-bond acceptors (Lipinski definition) is 2. The van der Waals surface area contributed by atoms with Gasteiger partial charge in [0.2, 0.25) is 5.91 Å². The van der Waals surface area contributed by atoms with E-state index in [1.54, 1.807) is 18.2 Å². The summed E-state index contributed by atoms with van der Waals surface area (Å²) in [4.78, 5) is 23.7. The van der Waals surface area contributed by atoms with Crippen LogP contribution in [0.2, 0.25) is 5.02 Å². The van der Waals surface area contributed by atoms with E-state index < -0.39 is 12.1 Å². The van der Waals surface area contributed by atoms with Crippen molar-refractivity contribution in [3.63, 3.8) is 0 Å². The number of aryl methyl sites for hydroxylation is 2. The van der Waals surface area contributed by atoms with Gasteiger partial charge in [0.15, 0.2) is 0 Å². The predicted octanol–water partition coefficient (Wildman–Crippen LogP) is 3.70. The van der Waals surface area contributed by atoms with Gasteiger partial charge in [-0.15, -0.1) is 0 Å². The molecule has 0 heterocycles. The number of amides is 3. The molecule has 1 atom stereocenters. The van der Waals surface area contributed by atoms with E-state index in [1.807, 2.05) is 38.1 Å². The molecule has 1 unspecified atom stereocenters. The molecular weight excluding hydrogens is 326 g/mol. The zero-order valence-electron chi connectivity index (χ0n) is 13.6. The van der Waals surface area contributed by atoms with Crippen LogP contribution in [0.1, 0.15) is 29.2 Å². The first-order valence-electron chi connectivity index (χ1n) is 7.54. The average Bonchev–Trinajstić information content (AvgIpc) is 2.49. The van der Waals surface area contributed by atoms with Crippen LogP contribution < -0.4 is 16.4 Å². The van der Waals surface area contributed by atoms with Crippen LogP contribution in [0, 0.1) is 13.8 Å². The van der Waals surface area contributed by atoms with Crippen LogP contribution >= 0.6 is 11.6 Å². The molecular formula is C18H20ClN3O2. The fourth-order valence-corrected chi connectivity index (χ4v) is 2.77. The SMILES string of the molecule is Cc1cc(Cl)ccc1NC(=O)CC(NC(N)=O)c1ccccc1C. The van der Waals surface area contributed by atoms with Gasteiger partial charge in [-0.25, -0.2) is 4.79 Å². The molecule has 2 aromatic rings. The number of urea groups is 1. The quantitative estimate of drug-likeness (QED) is 0.772. The number of hydrogen-bond donors (Lipinski definition) is 3. The molecule has 5 nitrogen and oxygen atoms in total. The molecule has 0 bridgehead atoms. The van der Waals surface area contributed by atoms with E-state index >= 15 is 0 Å². The summed E-state index contributed by atoms with van der Waals surface area (Å²) in [6, 6.07) is 11.6. The minimum Gasteiger partial charge on any atom is -0.352 e. The van der Waals surface area contributed by atoms with Gasteiger partial charge in [-0.3, -0.25) is 4.79 Å². The van der Waals surface area contributed by atoms with Crippen LogP contribution in [0.4, 0.5) is 10.5 Å². The van der Waals surface area contributed by atoms with Gasteiger partial charge < -0.3 is 16.4 Å². The molecule has 24 heavy (non-hydrogen) atoms. The van der Waals surface area contributed by atoms with Crippen molar-refractivity contribution in [3.8, 4) is 0 Å². The maximum Gasteiger partial charge on any atom is 0.312 e. The van der Waals surface area contributed by atoms with Gasteiger partial charge in [0.1, 0.15) is 0 Å². The molecule has 0 aliphatic rings. The second-order valence-corrected chi connectivity index (χ2v) is 6.07. The van der Waals surface area contributed by atoms with Gasteiger partial charge in [0.05, 0.1) is 12.5 Å². The summed E-state index contributed by atoms with van der Waals surface area (Å²) in [6.45, 7) is 3.79. The highest BCUT2D eigenvalue weighted by atomic mass is 35.5. The van der Waals surface area contributed by atoms with Crippen molar-refractivity contribution < 1.29 is 9.59 Å². The van der Waals surface area contributed by atoms with E-state index in [4.69, 9.17) is 17.3 Å². The van der Waals surface area contributed by atoms with Crippen molar-refractivity contribution in [2.45, 2.75) is 26.3 Å². The van der Waals surface area contributed by atoms with Crippen LogP contribution in [-0.2, 0) is 4.79 Å². The van der Waals surface area contributed by atoms with Crippen LogP contribution in [0.25, 0.3) is 0 Å². The highest BCUT2D eigenvalue weighted by molar-refractivity contribution is 6.30. The number of anilines is 1. The lowest BCUT2D eigenvalue weighted by atomic mass is 9.98. The van der Waals surface area contributed by atoms with Crippen molar-refractivity contribution in [1.29, 1.82) is 0 Å². The van der Waals surface area contributed by atoms with Gasteiger partial charge in [-0.1, -0.05) is 35.9 Å². The van der Waals surface area contributed by atoms with Gasteiger partial charge in [0, 0.05) is 10.7 Å². The van der Waals surface area contributed by atoms with Gasteiger partial charge in [0.25, 0.3) is 0 Å². The molecule has 4 N–H and O–H groups in total. The van der Waals surface area contributed by atoms with Crippen LogP contribution in [0.5, 0.6) is 0 Å². The van der Waals surface area contributed by atoms with E-state index in [2.05, 4.69) is 10.6 Å². The molecule has 0 aromatic heterocycles. The predicted molar refractivity (Wildman–Crippen MR) is 96.1 cm³/mol. The molecule has 6 heteroatoms. The van der Waals surface area contributed by atoms with Crippen molar-refractivity contribution in [3.05, 3.63) is 64.2 Å². The minimum atomic E-state index is -0.668. The zero-order valence-corrected chi connectivity index (χ0v) is 14.4. The third-order valence-corrected chi connectivity index (χ3v) is 3.97. The summed E-state index contributed by atoms with van der Waals surface area (Å²) in [5.41, 5.74) is 8.65. The highest BCUT2D eigenvalue weighted by Gasteiger charge is 2.19. The van der Waals surface area contributed by atoms with Crippen LogP contribution in [0.3, 0.4) is 0 Å². The molecule has 3 amide bonds. The monoisotopic (exact) mass is 345 g/mol. The highest BCUT2D eigenvalue weighted by Crippen LogP contribution is 2.23. The Balaban J connectivity index is 2.15. The third kappa shape index (κ3) is 4.73. The molecule has 2 rings (SSSR count). The summed E-state index contributed by atoms with van der Waals surface area (Å²) >= 11 is 5.92. The van der Waals surface area contributed by atoms with Crippen molar-refractivity contribution in [2.24, 2.45) is 5.73 Å². The summed E-state index contributed by atoms with van der Waals surface area (Å²) < 4.78 is 0. The molecule has 0 aliphatic heterocycles. The smallest absolute Gasteiger partial charge is 0.312 e. The second kappa shape index (κ2) is 7.84. The van der Waals surface area contributed by atoms with Gasteiger partial charge >= 0.3 is 6.03 Å². The Morgan fingerprint density at radius 3 is 2.46 bits per heavy atom. The molecule has 0 aliphatic carbocycles. The maximum atomic E-state index is 12.4. The van der Waals surface area contributed by atoms with Crippen molar-refractivity contribution in [1.82, 2.24) is 5.32 Å². The lowest BCUT2D eigenvalue weighted by molar-refractivity contribution is -0.116. The number of nitrogens with two attached hydrogens (primary N) is 1. The lowest BCUT2D eigenvalue weighted by Crippen LogP contribution is -2.35. The van der Waals surface area contributed by atoms with E-state index in [-0.39, 0.29) is 12.3 Å². The first-order chi connectivity index (χ1) is 11.4. The molecule has 0 fully saturated rings. The van der Waals surface area contributed by atoms with Crippen LogP contribution in [-0.4, -0.2) is 11.9 Å². The fraction of sp³-hybridized carbons (Fsp3) is 0.222. The Morgan fingerprint density at radius 1 is 1.12 bits per heavy atom. The molecule has 126 valence electrons. The Bertz CT molecular complexity index is 762. The van der Waals surface area contributed by atoms with E-state index in [1.165, 1.54) is 0 Å². The summed E-state index contributed by atoms with van der Waals surface area (Å²) in [6.07, 6.45) is 0.0792. The number of carbonyl (C=O) groups excluding carboxylic acids is 2. The standard InChI is InChI=1S/C18H20ClN3O2/c1-11-5-3-4-6-14(11)16(22-18(20)24)10-17(23)21-15-8-7-13(19)9-12(15)2/h3-9,16H,10H2,1-2H3,(H,21,23)(H3,20,22,24). The fourth-order valence-electron chi connectivity index (χ4n) is 2.54. The lowest BCUT2D eigenvalue weighted by Gasteiger charge is -2.20. The summed E-state index contributed by atoms with van der Waals surface area (Å²) in [5.74, 6) is -0.220. The summed E-state index contributed by atoms with van der Waals surface area (Å²) in [5, 5.41) is 6.08. The van der Waals surface area contributed by atoms with E-state index in [0.717, 1.165) is 16.7 Å². The van der Waals surface area contributed by atoms with E-state index in [0.29, 0.717) is 10.7 Å². The molecule has 0 spiro atoms. The number of rotatable bonds is 5. The maximum absolute atomic E-state index is 12.4.